The molecule has 1 aliphatic rings. The summed E-state index contributed by atoms with van der Waals surface area (Å²) < 4.78 is 1.02. The second kappa shape index (κ2) is 5.48. The summed E-state index contributed by atoms with van der Waals surface area (Å²) in [7, 11) is 3.55. The molecule has 0 saturated carbocycles. The third-order valence-electron chi connectivity index (χ3n) is 1.41. The van der Waals surface area contributed by atoms with Crippen molar-refractivity contribution in [3.8, 4) is 0 Å². The zero-order chi connectivity index (χ0) is 9.84. The standard InChI is InChI=1S/C7H11NOS4/c1-8(2)6(9)11-3-5-4-12-7(10)13-5/h5H,3-4H2,1-2H3. The highest BCUT2D eigenvalue weighted by molar-refractivity contribution is 8.49. The van der Waals surface area contributed by atoms with Crippen molar-refractivity contribution in [1.29, 1.82) is 0 Å². The van der Waals surface area contributed by atoms with Crippen LogP contribution in [0.4, 0.5) is 4.79 Å². The molecule has 0 spiro atoms. The van der Waals surface area contributed by atoms with Gasteiger partial charge in [-0.15, -0.1) is 23.5 Å². The Morgan fingerprint density at radius 1 is 1.77 bits per heavy atom. The molecule has 74 valence electrons. The van der Waals surface area contributed by atoms with Gasteiger partial charge in [-0.1, -0.05) is 24.0 Å². The normalized spacial score (nSPS) is 22.0. The van der Waals surface area contributed by atoms with Crippen LogP contribution in [0.25, 0.3) is 0 Å². The highest BCUT2D eigenvalue weighted by Gasteiger charge is 2.22. The minimum Gasteiger partial charge on any atom is -0.340 e. The highest BCUT2D eigenvalue weighted by atomic mass is 32.2. The predicted octanol–water partition coefficient (Wildman–Crippen LogP) is 2.53. The van der Waals surface area contributed by atoms with Gasteiger partial charge in [0.2, 0.25) is 0 Å². The van der Waals surface area contributed by atoms with Gasteiger partial charge in [0.15, 0.2) is 0 Å². The van der Waals surface area contributed by atoms with Gasteiger partial charge in [-0.2, -0.15) is 0 Å². The molecule has 0 aromatic rings. The van der Waals surface area contributed by atoms with E-state index in [0.29, 0.717) is 5.25 Å². The summed E-state index contributed by atoms with van der Waals surface area (Å²) in [6.07, 6.45) is 0. The number of carbonyl (C=O) groups is 1. The van der Waals surface area contributed by atoms with E-state index in [0.717, 1.165) is 15.0 Å². The molecule has 0 N–H and O–H groups in total. The SMILES string of the molecule is CN(C)C(=O)SCC1CSC(=S)S1. The Bertz CT molecular complexity index is 219. The van der Waals surface area contributed by atoms with E-state index in [9.17, 15) is 4.79 Å². The van der Waals surface area contributed by atoms with E-state index < -0.39 is 0 Å². The monoisotopic (exact) mass is 253 g/mol. The summed E-state index contributed by atoms with van der Waals surface area (Å²) in [5.74, 6) is 1.92. The number of thioether (sulfide) groups is 3. The summed E-state index contributed by atoms with van der Waals surface area (Å²) in [6, 6.07) is 0. The molecule has 6 heteroatoms. The Balaban J connectivity index is 2.19. The first kappa shape index (κ1) is 11.7. The smallest absolute Gasteiger partial charge is 0.281 e. The van der Waals surface area contributed by atoms with Crippen molar-refractivity contribution in [2.75, 3.05) is 25.6 Å². The van der Waals surface area contributed by atoms with Gasteiger partial charge in [-0.05, 0) is 0 Å². The quantitative estimate of drug-likeness (QED) is 0.703. The van der Waals surface area contributed by atoms with Gasteiger partial charge in [0.1, 0.15) is 3.53 Å². The van der Waals surface area contributed by atoms with Crippen LogP contribution in [0.2, 0.25) is 0 Å². The lowest BCUT2D eigenvalue weighted by molar-refractivity contribution is 0.241. The largest absolute Gasteiger partial charge is 0.340 e. The van der Waals surface area contributed by atoms with E-state index in [1.54, 1.807) is 42.5 Å². The van der Waals surface area contributed by atoms with Gasteiger partial charge in [0.05, 0.1) is 0 Å². The van der Waals surface area contributed by atoms with E-state index in [2.05, 4.69) is 0 Å². The van der Waals surface area contributed by atoms with Crippen LogP contribution in [0.5, 0.6) is 0 Å². The van der Waals surface area contributed by atoms with E-state index in [-0.39, 0.29) is 5.24 Å². The maximum Gasteiger partial charge on any atom is 0.281 e. The lowest BCUT2D eigenvalue weighted by Gasteiger charge is -2.10. The Labute approximate surface area is 96.6 Å². The van der Waals surface area contributed by atoms with Crippen molar-refractivity contribution >= 4 is 56.3 Å². The molecule has 13 heavy (non-hydrogen) atoms. The Morgan fingerprint density at radius 3 is 2.92 bits per heavy atom. The van der Waals surface area contributed by atoms with Crippen LogP contribution in [0, 0.1) is 0 Å². The van der Waals surface area contributed by atoms with Gasteiger partial charge in [0.25, 0.3) is 5.24 Å². The number of rotatable bonds is 2. The Morgan fingerprint density at radius 2 is 2.46 bits per heavy atom. The molecule has 1 rings (SSSR count). The number of carbonyl (C=O) groups excluding carboxylic acids is 1. The molecule has 1 heterocycles. The fraction of sp³-hybridized carbons (Fsp3) is 0.714. The fourth-order valence-corrected chi connectivity index (χ4v) is 4.76. The summed E-state index contributed by atoms with van der Waals surface area (Å²) in [4.78, 5) is 12.8. The lowest BCUT2D eigenvalue weighted by atomic mass is 10.6. The van der Waals surface area contributed by atoms with Gasteiger partial charge < -0.3 is 4.90 Å². The third-order valence-corrected chi connectivity index (χ3v) is 5.96. The van der Waals surface area contributed by atoms with Crippen LogP contribution in [0.15, 0.2) is 0 Å². The molecular weight excluding hydrogens is 242 g/mol. The zero-order valence-electron chi connectivity index (χ0n) is 7.48. The number of nitrogens with zero attached hydrogens (tertiary/aromatic N) is 1. The molecule has 0 radical (unpaired) electrons. The topological polar surface area (TPSA) is 20.3 Å². The summed E-state index contributed by atoms with van der Waals surface area (Å²) in [5.41, 5.74) is 0. The summed E-state index contributed by atoms with van der Waals surface area (Å²) >= 11 is 9.87. The zero-order valence-corrected chi connectivity index (χ0v) is 10.7. The van der Waals surface area contributed by atoms with Gasteiger partial charge >= 0.3 is 0 Å². The number of hydrogen-bond donors (Lipinski definition) is 0. The molecule has 1 atom stereocenters. The van der Waals surface area contributed by atoms with Crippen LogP contribution in [-0.4, -0.2) is 44.5 Å². The maximum atomic E-state index is 11.2. The maximum absolute atomic E-state index is 11.2. The van der Waals surface area contributed by atoms with E-state index in [1.165, 1.54) is 11.8 Å². The fourth-order valence-electron chi connectivity index (χ4n) is 0.741. The van der Waals surface area contributed by atoms with Crippen LogP contribution in [0.1, 0.15) is 0 Å². The molecular formula is C7H11NOS4. The van der Waals surface area contributed by atoms with Crippen molar-refractivity contribution < 1.29 is 4.79 Å². The van der Waals surface area contributed by atoms with Crippen molar-refractivity contribution in [1.82, 2.24) is 4.90 Å². The molecule has 0 aliphatic carbocycles. The van der Waals surface area contributed by atoms with Crippen molar-refractivity contribution in [3.63, 3.8) is 0 Å². The first-order valence-electron chi connectivity index (χ1n) is 3.77. The minimum atomic E-state index is 0.128. The van der Waals surface area contributed by atoms with Gasteiger partial charge in [-0.3, -0.25) is 4.79 Å². The Kier molecular flexibility index (Phi) is 4.93. The predicted molar refractivity (Wildman–Crippen MR) is 68.0 cm³/mol. The third kappa shape index (κ3) is 4.10. The molecule has 0 aromatic heterocycles. The number of amides is 1. The summed E-state index contributed by atoms with van der Waals surface area (Å²) in [6.45, 7) is 0. The van der Waals surface area contributed by atoms with E-state index in [4.69, 9.17) is 12.2 Å². The Hall–Kier alpha value is 0.610. The lowest BCUT2D eigenvalue weighted by Crippen LogP contribution is -2.18. The summed E-state index contributed by atoms with van der Waals surface area (Å²) in [5, 5.41) is 0.648. The van der Waals surface area contributed by atoms with Crippen LogP contribution in [-0.2, 0) is 0 Å². The van der Waals surface area contributed by atoms with Crippen LogP contribution >= 0.6 is 47.5 Å². The van der Waals surface area contributed by atoms with Gasteiger partial charge in [0, 0.05) is 30.9 Å². The molecule has 1 saturated heterocycles. The molecule has 1 aliphatic heterocycles. The second-order valence-corrected chi connectivity index (χ2v) is 7.27. The average molecular weight is 253 g/mol. The molecule has 1 fully saturated rings. The first-order chi connectivity index (χ1) is 6.09. The molecule has 1 amide bonds. The molecule has 0 aromatic carbocycles. The van der Waals surface area contributed by atoms with Gasteiger partial charge in [-0.25, -0.2) is 0 Å². The van der Waals surface area contributed by atoms with Crippen LogP contribution in [0.3, 0.4) is 0 Å². The van der Waals surface area contributed by atoms with Crippen molar-refractivity contribution in [2.24, 2.45) is 0 Å². The first-order valence-corrected chi connectivity index (χ1v) is 7.03. The molecule has 0 bridgehead atoms. The molecule has 2 nitrogen and oxygen atoms in total. The van der Waals surface area contributed by atoms with E-state index in [1.807, 2.05) is 0 Å². The van der Waals surface area contributed by atoms with Crippen molar-refractivity contribution in [2.45, 2.75) is 5.25 Å². The van der Waals surface area contributed by atoms with Crippen molar-refractivity contribution in [3.05, 3.63) is 0 Å². The van der Waals surface area contributed by atoms with Crippen LogP contribution < -0.4 is 0 Å². The van der Waals surface area contributed by atoms with E-state index >= 15 is 0 Å². The number of hydrogen-bond acceptors (Lipinski definition) is 5. The second-order valence-electron chi connectivity index (χ2n) is 2.77. The number of thiocarbonyl (C=S) groups is 1. The molecule has 1 unspecified atom stereocenters. The highest BCUT2D eigenvalue weighted by Crippen LogP contribution is 2.34. The minimum absolute atomic E-state index is 0.128. The average Bonchev–Trinajstić information content (AvgIpc) is 2.47.